The van der Waals surface area contributed by atoms with Gasteiger partial charge in [-0.15, -0.1) is 0 Å². The van der Waals surface area contributed by atoms with Gasteiger partial charge in [-0.1, -0.05) is 0 Å². The van der Waals surface area contributed by atoms with Crippen molar-refractivity contribution in [3.05, 3.63) is 41.3 Å². The highest BCUT2D eigenvalue weighted by Crippen LogP contribution is 2.34. The Kier molecular flexibility index (Phi) is 6.15. The third-order valence-corrected chi connectivity index (χ3v) is 5.86. The van der Waals surface area contributed by atoms with Gasteiger partial charge in [0.05, 0.1) is 16.8 Å². The van der Waals surface area contributed by atoms with Crippen LogP contribution in [-0.4, -0.2) is 39.2 Å². The molecule has 2 aromatic heterocycles. The predicted molar refractivity (Wildman–Crippen MR) is 120 cm³/mol. The van der Waals surface area contributed by atoms with Crippen LogP contribution >= 0.6 is 0 Å². The fourth-order valence-corrected chi connectivity index (χ4v) is 3.90. The zero-order chi connectivity index (χ0) is 23.9. The van der Waals surface area contributed by atoms with E-state index in [4.69, 9.17) is 11.5 Å². The number of pyridine rings is 1. The number of hydrogen-bond acceptors (Lipinski definition) is 6. The van der Waals surface area contributed by atoms with Crippen LogP contribution in [0.5, 0.6) is 0 Å². The molecule has 1 amide bonds. The number of nitrogens with one attached hydrogen (secondary N) is 2. The number of alkyl halides is 2. The summed E-state index contributed by atoms with van der Waals surface area (Å²) < 4.78 is 41.6. The second kappa shape index (κ2) is 8.89. The molecule has 1 aliphatic rings. The minimum Gasteiger partial charge on any atom is -0.365 e. The molecule has 176 valence electrons. The Hall–Kier alpha value is -3.34. The number of fused-ring (bicyclic) bond motifs is 1. The lowest BCUT2D eigenvalue weighted by Gasteiger charge is -2.22. The largest absolute Gasteiger partial charge is 0.365 e. The van der Waals surface area contributed by atoms with E-state index in [1.165, 1.54) is 4.68 Å². The van der Waals surface area contributed by atoms with Crippen molar-refractivity contribution >= 4 is 34.1 Å². The lowest BCUT2D eigenvalue weighted by Crippen LogP contribution is -2.40. The molecule has 1 aromatic carbocycles. The van der Waals surface area contributed by atoms with Crippen LogP contribution in [0.15, 0.2) is 24.3 Å². The van der Waals surface area contributed by atoms with Crippen molar-refractivity contribution in [3.8, 4) is 0 Å². The summed E-state index contributed by atoms with van der Waals surface area (Å²) in [5, 5.41) is 10.8. The molecule has 8 nitrogen and oxygen atoms in total. The summed E-state index contributed by atoms with van der Waals surface area (Å²) >= 11 is 0. The average Bonchev–Trinajstić information content (AvgIpc) is 3.55. The Morgan fingerprint density at radius 2 is 2.00 bits per heavy atom. The molecule has 0 bridgehead atoms. The molecular weight excluding hydrogens is 435 g/mol. The molecule has 6 N–H and O–H groups in total. The summed E-state index contributed by atoms with van der Waals surface area (Å²) in [6.45, 7) is 3.05. The molecule has 1 saturated carbocycles. The van der Waals surface area contributed by atoms with E-state index in [0.717, 1.165) is 18.9 Å². The number of amides is 1. The highest BCUT2D eigenvalue weighted by molar-refractivity contribution is 5.99. The molecule has 0 spiro atoms. The Bertz CT molecular complexity index is 1190. The van der Waals surface area contributed by atoms with Gasteiger partial charge in [0, 0.05) is 23.2 Å². The van der Waals surface area contributed by atoms with E-state index in [9.17, 15) is 18.0 Å². The zero-order valence-electron chi connectivity index (χ0n) is 18.3. The van der Waals surface area contributed by atoms with Gasteiger partial charge in [-0.25, -0.2) is 18.2 Å². The standard InChI is InChI=1S/C22H26F3N7O/c1-10-14-7-13(5-6-17(14)32(31-10)9-18(24)25)29-21-15(20(27)33)8-16(23)22(30-21)28-11(2)19(26)12-3-4-12/h5-8,11-12,18-19H,3-4,9,26H2,1-2H3,(H2,27,33)(H2,28,29,30)/t11-,19-/m1/s1. The lowest BCUT2D eigenvalue weighted by atomic mass is 10.1. The van der Waals surface area contributed by atoms with Crippen molar-refractivity contribution in [2.45, 2.75) is 51.7 Å². The number of aryl methyl sites for hydroxylation is 1. The molecule has 11 heteroatoms. The smallest absolute Gasteiger partial charge is 0.257 e. The number of primary amides is 1. The molecule has 0 unspecified atom stereocenters. The Labute approximate surface area is 188 Å². The van der Waals surface area contributed by atoms with E-state index >= 15 is 0 Å². The number of carbonyl (C=O) groups is 1. The van der Waals surface area contributed by atoms with E-state index in [1.54, 1.807) is 25.1 Å². The molecule has 0 saturated heterocycles. The maximum atomic E-state index is 14.7. The van der Waals surface area contributed by atoms with Crippen molar-refractivity contribution in [2.24, 2.45) is 17.4 Å². The highest BCUT2D eigenvalue weighted by atomic mass is 19.3. The van der Waals surface area contributed by atoms with Gasteiger partial charge in [-0.3, -0.25) is 9.48 Å². The SMILES string of the molecule is Cc1nn(CC(F)F)c2ccc(Nc3nc(N[C@H](C)[C@@H](N)C4CC4)c(F)cc3C(N)=O)cc12. The molecule has 2 atom stereocenters. The number of hydrogen-bond donors (Lipinski definition) is 4. The Morgan fingerprint density at radius 1 is 1.27 bits per heavy atom. The number of benzene rings is 1. The van der Waals surface area contributed by atoms with Gasteiger partial charge >= 0.3 is 0 Å². The first-order valence-electron chi connectivity index (χ1n) is 10.7. The van der Waals surface area contributed by atoms with Gasteiger partial charge in [0.25, 0.3) is 12.3 Å². The first-order valence-corrected chi connectivity index (χ1v) is 10.7. The van der Waals surface area contributed by atoms with Gasteiger partial charge in [-0.05, 0) is 56.9 Å². The van der Waals surface area contributed by atoms with Crippen LogP contribution in [-0.2, 0) is 6.54 Å². The molecular formula is C22H26F3N7O. The maximum absolute atomic E-state index is 14.7. The van der Waals surface area contributed by atoms with Gasteiger partial charge in [0.2, 0.25) is 0 Å². The van der Waals surface area contributed by atoms with Crippen LogP contribution in [0.2, 0.25) is 0 Å². The highest BCUT2D eigenvalue weighted by Gasteiger charge is 2.32. The topological polar surface area (TPSA) is 124 Å². The van der Waals surface area contributed by atoms with E-state index in [2.05, 4.69) is 20.7 Å². The van der Waals surface area contributed by atoms with Crippen molar-refractivity contribution in [1.29, 1.82) is 0 Å². The van der Waals surface area contributed by atoms with Crippen LogP contribution in [0.3, 0.4) is 0 Å². The number of rotatable bonds is 9. The zero-order valence-corrected chi connectivity index (χ0v) is 18.3. The molecule has 1 aliphatic carbocycles. The number of halogens is 3. The van der Waals surface area contributed by atoms with Crippen LogP contribution in [0.4, 0.5) is 30.5 Å². The summed E-state index contributed by atoms with van der Waals surface area (Å²) in [4.78, 5) is 16.2. The van der Waals surface area contributed by atoms with Crippen LogP contribution < -0.4 is 22.1 Å². The van der Waals surface area contributed by atoms with Gasteiger partial charge < -0.3 is 22.1 Å². The van der Waals surface area contributed by atoms with Gasteiger partial charge in [0.1, 0.15) is 12.4 Å². The third kappa shape index (κ3) is 4.87. The Balaban J connectivity index is 1.65. The van der Waals surface area contributed by atoms with Crippen LogP contribution in [0.25, 0.3) is 10.9 Å². The van der Waals surface area contributed by atoms with Gasteiger partial charge in [0.15, 0.2) is 11.6 Å². The second-order valence-electron chi connectivity index (χ2n) is 8.44. The lowest BCUT2D eigenvalue weighted by molar-refractivity contribution is 0.1000. The number of anilines is 3. The molecule has 2 heterocycles. The van der Waals surface area contributed by atoms with E-state index in [-0.39, 0.29) is 29.3 Å². The van der Waals surface area contributed by atoms with Crippen molar-refractivity contribution < 1.29 is 18.0 Å². The molecule has 0 radical (unpaired) electrons. The molecule has 3 aromatic rings. The number of nitrogens with zero attached hydrogens (tertiary/aromatic N) is 3. The van der Waals surface area contributed by atoms with Crippen molar-refractivity contribution in [3.63, 3.8) is 0 Å². The number of aromatic nitrogens is 3. The minimum atomic E-state index is -2.53. The molecule has 1 fully saturated rings. The van der Waals surface area contributed by atoms with Crippen molar-refractivity contribution in [2.75, 3.05) is 10.6 Å². The van der Waals surface area contributed by atoms with Crippen LogP contribution in [0, 0.1) is 18.7 Å². The first-order chi connectivity index (χ1) is 15.6. The monoisotopic (exact) mass is 461 g/mol. The predicted octanol–water partition coefficient (Wildman–Crippen LogP) is 3.52. The normalized spacial score (nSPS) is 15.6. The summed E-state index contributed by atoms with van der Waals surface area (Å²) in [7, 11) is 0. The fraction of sp³-hybridized carbons (Fsp3) is 0.409. The van der Waals surface area contributed by atoms with Crippen LogP contribution in [0.1, 0.15) is 35.8 Å². The van der Waals surface area contributed by atoms with E-state index < -0.39 is 24.7 Å². The molecule has 4 rings (SSSR count). The van der Waals surface area contributed by atoms with E-state index in [0.29, 0.717) is 28.2 Å². The first kappa shape index (κ1) is 22.8. The Morgan fingerprint density at radius 3 is 2.64 bits per heavy atom. The maximum Gasteiger partial charge on any atom is 0.257 e. The minimum absolute atomic E-state index is 0.0480. The fourth-order valence-electron chi connectivity index (χ4n) is 3.90. The summed E-state index contributed by atoms with van der Waals surface area (Å²) in [6.07, 6.45) is -0.438. The number of carbonyl (C=O) groups excluding carboxylic acids is 1. The molecule has 0 aliphatic heterocycles. The average molecular weight is 461 g/mol. The third-order valence-electron chi connectivity index (χ3n) is 5.86. The number of nitrogens with two attached hydrogens (primary N) is 2. The second-order valence-corrected chi connectivity index (χ2v) is 8.44. The quantitative estimate of drug-likeness (QED) is 0.387. The summed E-state index contributed by atoms with van der Waals surface area (Å²) in [5.74, 6) is -1.15. The molecule has 33 heavy (non-hydrogen) atoms. The summed E-state index contributed by atoms with van der Waals surface area (Å²) in [5.41, 5.74) is 13.1. The summed E-state index contributed by atoms with van der Waals surface area (Å²) in [6, 6.07) is 5.64. The van der Waals surface area contributed by atoms with Crippen molar-refractivity contribution in [1.82, 2.24) is 14.8 Å². The van der Waals surface area contributed by atoms with E-state index in [1.807, 2.05) is 6.92 Å². The van der Waals surface area contributed by atoms with Gasteiger partial charge in [-0.2, -0.15) is 5.10 Å².